The van der Waals surface area contributed by atoms with Gasteiger partial charge in [-0.05, 0) is 43.9 Å². The molecule has 1 aliphatic heterocycles. The van der Waals surface area contributed by atoms with Crippen molar-refractivity contribution in [3.63, 3.8) is 0 Å². The van der Waals surface area contributed by atoms with Crippen LogP contribution in [-0.2, 0) is 11.2 Å². The third-order valence-corrected chi connectivity index (χ3v) is 6.42. The molecule has 6 nitrogen and oxygen atoms in total. The van der Waals surface area contributed by atoms with Crippen LogP contribution in [0.25, 0.3) is 0 Å². The Morgan fingerprint density at radius 1 is 1.24 bits per heavy atom. The van der Waals surface area contributed by atoms with E-state index in [1.807, 2.05) is 37.8 Å². The number of hydrogen-bond donors (Lipinski definition) is 2. The van der Waals surface area contributed by atoms with Crippen molar-refractivity contribution in [1.29, 1.82) is 0 Å². The number of benzene rings is 1. The average Bonchev–Trinajstić information content (AvgIpc) is 3.19. The number of amides is 3. The summed E-state index contributed by atoms with van der Waals surface area (Å²) in [4.78, 5) is 30.6. The van der Waals surface area contributed by atoms with Gasteiger partial charge in [0.2, 0.25) is 5.91 Å². The molecule has 3 amide bonds. The number of thiazole rings is 1. The van der Waals surface area contributed by atoms with Crippen LogP contribution in [0.1, 0.15) is 53.9 Å². The molecule has 2 aromatic rings. The van der Waals surface area contributed by atoms with Crippen LogP contribution in [0.5, 0.6) is 0 Å². The highest BCUT2D eigenvalue weighted by Crippen LogP contribution is 2.30. The largest absolute Gasteiger partial charge is 0.356 e. The van der Waals surface area contributed by atoms with Gasteiger partial charge >= 0.3 is 6.03 Å². The van der Waals surface area contributed by atoms with E-state index in [0.29, 0.717) is 18.9 Å². The Labute approximate surface area is 176 Å². The van der Waals surface area contributed by atoms with Gasteiger partial charge in [-0.25, -0.2) is 9.78 Å². The summed E-state index contributed by atoms with van der Waals surface area (Å²) >= 11 is 1.69. The van der Waals surface area contributed by atoms with Crippen LogP contribution in [0.15, 0.2) is 23.6 Å². The van der Waals surface area contributed by atoms with Crippen LogP contribution in [0.3, 0.4) is 0 Å². The summed E-state index contributed by atoms with van der Waals surface area (Å²) in [5.41, 5.74) is 4.14. The first-order valence-corrected chi connectivity index (χ1v) is 11.2. The van der Waals surface area contributed by atoms with Crippen molar-refractivity contribution in [3.05, 3.63) is 45.4 Å². The molecule has 3 rings (SSSR count). The normalized spacial score (nSPS) is 14.7. The van der Waals surface area contributed by atoms with E-state index in [-0.39, 0.29) is 11.9 Å². The van der Waals surface area contributed by atoms with Crippen molar-refractivity contribution in [2.24, 2.45) is 0 Å². The Hall–Kier alpha value is -2.41. The third kappa shape index (κ3) is 5.79. The van der Waals surface area contributed by atoms with Gasteiger partial charge in [0, 0.05) is 49.5 Å². The molecule has 1 saturated heterocycles. The van der Waals surface area contributed by atoms with Crippen LogP contribution in [0.4, 0.5) is 10.5 Å². The lowest BCUT2D eigenvalue weighted by Crippen LogP contribution is -2.40. The highest BCUT2D eigenvalue weighted by Gasteiger charge is 2.26. The molecule has 156 valence electrons. The van der Waals surface area contributed by atoms with E-state index < -0.39 is 0 Å². The molecular weight excluding hydrogens is 384 g/mol. The number of anilines is 1. The van der Waals surface area contributed by atoms with Crippen LogP contribution in [-0.4, -0.2) is 41.5 Å². The maximum Gasteiger partial charge on any atom is 0.321 e. The van der Waals surface area contributed by atoms with Gasteiger partial charge in [-0.3, -0.25) is 4.79 Å². The predicted molar refractivity (Wildman–Crippen MR) is 118 cm³/mol. The van der Waals surface area contributed by atoms with Gasteiger partial charge < -0.3 is 15.5 Å². The molecule has 29 heavy (non-hydrogen) atoms. The smallest absolute Gasteiger partial charge is 0.321 e. The lowest BCUT2D eigenvalue weighted by atomic mass is 9.98. The molecule has 0 saturated carbocycles. The Balaban J connectivity index is 1.48. The van der Waals surface area contributed by atoms with Gasteiger partial charge in [0.1, 0.15) is 0 Å². The van der Waals surface area contributed by atoms with Crippen LogP contribution in [0, 0.1) is 13.8 Å². The second-order valence-corrected chi connectivity index (χ2v) is 8.53. The first-order chi connectivity index (χ1) is 14.0. The fraction of sp³-hybridized carbons (Fsp3) is 0.500. The quantitative estimate of drug-likeness (QED) is 0.742. The van der Waals surface area contributed by atoms with E-state index in [1.54, 1.807) is 11.3 Å². The molecular formula is C22H30N4O2S. The van der Waals surface area contributed by atoms with Gasteiger partial charge in [0.25, 0.3) is 0 Å². The molecule has 0 spiro atoms. The van der Waals surface area contributed by atoms with Gasteiger partial charge in [0.15, 0.2) is 0 Å². The van der Waals surface area contributed by atoms with Crippen molar-refractivity contribution >= 4 is 29.0 Å². The minimum absolute atomic E-state index is 0.0244. The number of rotatable bonds is 6. The minimum atomic E-state index is -0.0244. The summed E-state index contributed by atoms with van der Waals surface area (Å²) in [5.74, 6) is 0.482. The maximum atomic E-state index is 12.6. The van der Waals surface area contributed by atoms with Gasteiger partial charge in [-0.1, -0.05) is 19.1 Å². The third-order valence-electron chi connectivity index (χ3n) is 5.36. The Morgan fingerprint density at radius 3 is 2.72 bits per heavy atom. The Bertz CT molecular complexity index is 856. The van der Waals surface area contributed by atoms with Gasteiger partial charge in [0.05, 0.1) is 10.7 Å². The Kier molecular flexibility index (Phi) is 7.25. The van der Waals surface area contributed by atoms with Crippen molar-refractivity contribution in [2.75, 3.05) is 25.0 Å². The molecule has 0 unspecified atom stereocenters. The SMILES string of the molecule is CCC(=O)NCCc1csc(C2CCN(C(=O)Nc3cc(C)ccc3C)CC2)n1. The van der Waals surface area contributed by atoms with E-state index in [1.165, 1.54) is 0 Å². The van der Waals surface area contributed by atoms with E-state index in [4.69, 9.17) is 4.98 Å². The van der Waals surface area contributed by atoms with Crippen LogP contribution >= 0.6 is 11.3 Å². The van der Waals surface area contributed by atoms with E-state index in [2.05, 4.69) is 22.1 Å². The summed E-state index contributed by atoms with van der Waals surface area (Å²) in [6.07, 6.45) is 3.14. The lowest BCUT2D eigenvalue weighted by Gasteiger charge is -2.31. The van der Waals surface area contributed by atoms with E-state index in [0.717, 1.165) is 59.9 Å². The summed E-state index contributed by atoms with van der Waals surface area (Å²) in [5, 5.41) is 9.19. The molecule has 2 N–H and O–H groups in total. The van der Waals surface area contributed by atoms with Crippen LogP contribution in [0.2, 0.25) is 0 Å². The number of carbonyl (C=O) groups excluding carboxylic acids is 2. The van der Waals surface area contributed by atoms with Gasteiger partial charge in [-0.15, -0.1) is 11.3 Å². The maximum absolute atomic E-state index is 12.6. The molecule has 0 radical (unpaired) electrons. The topological polar surface area (TPSA) is 74.3 Å². The molecule has 0 atom stereocenters. The predicted octanol–water partition coefficient (Wildman–Crippen LogP) is 4.24. The zero-order chi connectivity index (χ0) is 20.8. The van der Waals surface area contributed by atoms with Crippen molar-refractivity contribution in [3.8, 4) is 0 Å². The Morgan fingerprint density at radius 2 is 2.00 bits per heavy atom. The van der Waals surface area contributed by atoms with Crippen molar-refractivity contribution < 1.29 is 9.59 Å². The summed E-state index contributed by atoms with van der Waals surface area (Å²) < 4.78 is 0. The summed E-state index contributed by atoms with van der Waals surface area (Å²) in [6, 6.07) is 6.07. The average molecular weight is 415 g/mol. The molecule has 7 heteroatoms. The molecule has 2 heterocycles. The van der Waals surface area contributed by atoms with E-state index >= 15 is 0 Å². The van der Waals surface area contributed by atoms with E-state index in [9.17, 15) is 9.59 Å². The number of aryl methyl sites for hydroxylation is 2. The second kappa shape index (κ2) is 9.87. The first-order valence-electron chi connectivity index (χ1n) is 10.3. The highest BCUT2D eigenvalue weighted by atomic mass is 32.1. The van der Waals surface area contributed by atoms with Gasteiger partial charge in [-0.2, -0.15) is 0 Å². The number of carbonyl (C=O) groups is 2. The molecule has 1 aliphatic rings. The molecule has 1 aromatic heterocycles. The number of hydrogen-bond acceptors (Lipinski definition) is 4. The summed E-state index contributed by atoms with van der Waals surface area (Å²) in [7, 11) is 0. The fourth-order valence-electron chi connectivity index (χ4n) is 3.47. The van der Waals surface area contributed by atoms with Crippen LogP contribution < -0.4 is 10.6 Å². The molecule has 1 fully saturated rings. The fourth-order valence-corrected chi connectivity index (χ4v) is 4.50. The molecule has 0 bridgehead atoms. The molecule has 1 aromatic carbocycles. The number of nitrogens with zero attached hydrogens (tertiary/aromatic N) is 2. The number of aromatic nitrogens is 1. The zero-order valence-corrected chi connectivity index (χ0v) is 18.3. The van der Waals surface area contributed by atoms with Crippen molar-refractivity contribution in [2.45, 2.75) is 52.4 Å². The highest BCUT2D eigenvalue weighted by molar-refractivity contribution is 7.09. The second-order valence-electron chi connectivity index (χ2n) is 7.64. The number of likely N-dealkylation sites (tertiary alicyclic amines) is 1. The number of piperidine rings is 1. The minimum Gasteiger partial charge on any atom is -0.356 e. The first kappa shape index (κ1) is 21.3. The lowest BCUT2D eigenvalue weighted by molar-refractivity contribution is -0.120. The standard InChI is InChI=1S/C22H30N4O2S/c1-4-20(27)23-10-7-18-14-29-21(24-18)17-8-11-26(12-9-17)22(28)25-19-13-15(2)5-6-16(19)3/h5-6,13-14,17H,4,7-12H2,1-3H3,(H,23,27)(H,25,28). The van der Waals surface area contributed by atoms with Crippen molar-refractivity contribution in [1.82, 2.24) is 15.2 Å². The number of urea groups is 1. The molecule has 0 aliphatic carbocycles. The number of nitrogens with one attached hydrogen (secondary N) is 2. The monoisotopic (exact) mass is 414 g/mol. The summed E-state index contributed by atoms with van der Waals surface area (Å²) in [6.45, 7) is 8.00. The zero-order valence-electron chi connectivity index (χ0n) is 17.5.